The Hall–Kier alpha value is -1.44. The molecule has 15 heavy (non-hydrogen) atoms. The van der Waals surface area contributed by atoms with E-state index in [1.54, 1.807) is 0 Å². The third-order valence-corrected chi connectivity index (χ3v) is 1.99. The van der Waals surface area contributed by atoms with Crippen LogP contribution < -0.4 is 10.1 Å². The molecule has 0 bridgehead atoms. The Morgan fingerprint density at radius 3 is 2.73 bits per heavy atom. The summed E-state index contributed by atoms with van der Waals surface area (Å²) in [4.78, 5) is 0. The first-order chi connectivity index (χ1) is 7.38. The normalized spacial score (nSPS) is 10.5. The topological polar surface area (TPSA) is 21.3 Å². The number of benzene rings is 1. The molecule has 1 N–H and O–H groups in total. The predicted octanol–water partition coefficient (Wildman–Crippen LogP) is 3.46. The minimum Gasteiger partial charge on any atom is -0.487 e. The zero-order valence-electron chi connectivity index (χ0n) is 9.49. The molecular weight excluding hydrogens is 186 g/mol. The maximum Gasteiger partial charge on any atom is 0.142 e. The van der Waals surface area contributed by atoms with Crippen LogP contribution in [0, 0.1) is 0 Å². The zero-order valence-corrected chi connectivity index (χ0v) is 9.49. The van der Waals surface area contributed by atoms with Crippen molar-refractivity contribution in [1.29, 1.82) is 0 Å². The highest BCUT2D eigenvalue weighted by Crippen LogP contribution is 2.23. The highest BCUT2D eigenvalue weighted by molar-refractivity contribution is 5.56. The molecule has 1 aromatic rings. The zero-order chi connectivity index (χ0) is 10.9. The van der Waals surface area contributed by atoms with Gasteiger partial charge in [-0.3, -0.25) is 0 Å². The van der Waals surface area contributed by atoms with Crippen molar-refractivity contribution in [2.75, 3.05) is 18.5 Å². The van der Waals surface area contributed by atoms with Gasteiger partial charge in [0, 0.05) is 6.54 Å². The quantitative estimate of drug-likeness (QED) is 0.718. The molecule has 0 aliphatic carbocycles. The smallest absolute Gasteiger partial charge is 0.142 e. The summed E-state index contributed by atoms with van der Waals surface area (Å²) in [6.07, 6.45) is 5.21. The van der Waals surface area contributed by atoms with Gasteiger partial charge >= 0.3 is 0 Å². The van der Waals surface area contributed by atoms with Crippen LogP contribution in [0.15, 0.2) is 36.4 Å². The summed E-state index contributed by atoms with van der Waals surface area (Å²) in [6, 6.07) is 8.01. The number of anilines is 1. The fourth-order valence-corrected chi connectivity index (χ4v) is 1.30. The first-order valence-corrected chi connectivity index (χ1v) is 5.49. The van der Waals surface area contributed by atoms with E-state index >= 15 is 0 Å². The van der Waals surface area contributed by atoms with E-state index < -0.39 is 0 Å². The van der Waals surface area contributed by atoms with Gasteiger partial charge < -0.3 is 10.1 Å². The Balaban J connectivity index is 2.55. The molecule has 0 aromatic heterocycles. The van der Waals surface area contributed by atoms with Crippen LogP contribution in [-0.4, -0.2) is 13.2 Å². The van der Waals surface area contributed by atoms with Crippen molar-refractivity contribution in [3.63, 3.8) is 0 Å². The van der Waals surface area contributed by atoms with Gasteiger partial charge in [-0.1, -0.05) is 31.2 Å². The molecule has 2 heteroatoms. The maximum atomic E-state index is 5.64. The lowest BCUT2D eigenvalue weighted by atomic mass is 10.3. The van der Waals surface area contributed by atoms with Crippen LogP contribution >= 0.6 is 0 Å². The van der Waals surface area contributed by atoms with Crippen molar-refractivity contribution >= 4 is 5.69 Å². The lowest BCUT2D eigenvalue weighted by molar-refractivity contribution is 0.364. The molecule has 0 radical (unpaired) electrons. The van der Waals surface area contributed by atoms with Gasteiger partial charge in [0.1, 0.15) is 12.4 Å². The third-order valence-electron chi connectivity index (χ3n) is 1.99. The number of hydrogen-bond donors (Lipinski definition) is 1. The lowest BCUT2D eigenvalue weighted by Gasteiger charge is -2.10. The van der Waals surface area contributed by atoms with Gasteiger partial charge in [-0.05, 0) is 25.5 Å². The summed E-state index contributed by atoms with van der Waals surface area (Å²) in [5.41, 5.74) is 1.06. The van der Waals surface area contributed by atoms with E-state index in [0.717, 1.165) is 24.4 Å². The molecule has 82 valence electrons. The van der Waals surface area contributed by atoms with Crippen molar-refractivity contribution in [3.8, 4) is 5.75 Å². The summed E-state index contributed by atoms with van der Waals surface area (Å²) in [5.74, 6) is 0.917. The molecule has 0 unspecified atom stereocenters. The first-order valence-electron chi connectivity index (χ1n) is 5.49. The van der Waals surface area contributed by atoms with E-state index in [1.807, 2.05) is 30.3 Å². The second-order valence-electron chi connectivity index (χ2n) is 3.22. The number of para-hydroxylation sites is 2. The molecule has 0 saturated heterocycles. The summed E-state index contributed by atoms with van der Waals surface area (Å²) >= 11 is 0. The average Bonchev–Trinajstić information content (AvgIpc) is 2.27. The maximum absolute atomic E-state index is 5.64. The number of hydrogen-bond acceptors (Lipinski definition) is 2. The number of nitrogens with one attached hydrogen (secondary N) is 1. The van der Waals surface area contributed by atoms with Crippen LogP contribution in [0.1, 0.15) is 20.3 Å². The van der Waals surface area contributed by atoms with Gasteiger partial charge in [0.15, 0.2) is 0 Å². The van der Waals surface area contributed by atoms with Crippen LogP contribution in [0.2, 0.25) is 0 Å². The van der Waals surface area contributed by atoms with E-state index in [4.69, 9.17) is 4.74 Å². The predicted molar refractivity (Wildman–Crippen MR) is 65.5 cm³/mol. The van der Waals surface area contributed by atoms with Crippen molar-refractivity contribution in [2.45, 2.75) is 20.3 Å². The van der Waals surface area contributed by atoms with Crippen molar-refractivity contribution in [2.24, 2.45) is 0 Å². The summed E-state index contributed by atoms with van der Waals surface area (Å²) in [6.45, 7) is 5.73. The molecule has 0 spiro atoms. The van der Waals surface area contributed by atoms with E-state index in [1.165, 1.54) is 0 Å². The first kappa shape index (κ1) is 11.6. The van der Waals surface area contributed by atoms with E-state index in [2.05, 4.69) is 25.2 Å². The van der Waals surface area contributed by atoms with Gasteiger partial charge in [0.05, 0.1) is 5.69 Å². The molecule has 2 nitrogen and oxygen atoms in total. The number of rotatable bonds is 6. The molecule has 0 aliphatic rings. The summed E-state index contributed by atoms with van der Waals surface area (Å²) in [5, 5.41) is 3.27. The van der Waals surface area contributed by atoms with Crippen LogP contribution in [0.4, 0.5) is 5.69 Å². The second kappa shape index (κ2) is 6.93. The van der Waals surface area contributed by atoms with Crippen molar-refractivity contribution in [3.05, 3.63) is 36.4 Å². The molecule has 0 amide bonds. The van der Waals surface area contributed by atoms with Crippen molar-refractivity contribution < 1.29 is 4.74 Å². The van der Waals surface area contributed by atoms with Crippen LogP contribution in [-0.2, 0) is 0 Å². The van der Waals surface area contributed by atoms with Crippen LogP contribution in [0.3, 0.4) is 0 Å². The van der Waals surface area contributed by atoms with E-state index in [0.29, 0.717) is 6.61 Å². The third kappa shape index (κ3) is 4.07. The van der Waals surface area contributed by atoms with Gasteiger partial charge in [0.25, 0.3) is 0 Å². The standard InChI is InChI=1S/C13H19NO/c1-3-5-8-11-15-13-10-7-6-9-12(13)14-4-2/h5-10,14H,3-4,11H2,1-2H3/b8-5-. The Kier molecular flexibility index (Phi) is 5.38. The van der Waals surface area contributed by atoms with Gasteiger partial charge in [0.2, 0.25) is 0 Å². The summed E-state index contributed by atoms with van der Waals surface area (Å²) in [7, 11) is 0. The number of allylic oxidation sites excluding steroid dienone is 1. The highest BCUT2D eigenvalue weighted by atomic mass is 16.5. The minimum absolute atomic E-state index is 0.635. The molecule has 0 atom stereocenters. The largest absolute Gasteiger partial charge is 0.487 e. The van der Waals surface area contributed by atoms with Crippen molar-refractivity contribution in [1.82, 2.24) is 0 Å². The number of ether oxygens (including phenoxy) is 1. The van der Waals surface area contributed by atoms with Crippen LogP contribution in [0.5, 0.6) is 5.75 Å². The molecule has 1 rings (SSSR count). The molecular formula is C13H19NO. The van der Waals surface area contributed by atoms with Gasteiger partial charge in [-0.2, -0.15) is 0 Å². The molecule has 1 aromatic carbocycles. The molecule has 0 aliphatic heterocycles. The average molecular weight is 205 g/mol. The van der Waals surface area contributed by atoms with E-state index in [-0.39, 0.29) is 0 Å². The lowest BCUT2D eigenvalue weighted by Crippen LogP contribution is -2.01. The van der Waals surface area contributed by atoms with Gasteiger partial charge in [-0.15, -0.1) is 0 Å². The highest BCUT2D eigenvalue weighted by Gasteiger charge is 1.99. The minimum atomic E-state index is 0.635. The Bertz CT molecular complexity index is 307. The summed E-state index contributed by atoms with van der Waals surface area (Å²) < 4.78 is 5.64. The second-order valence-corrected chi connectivity index (χ2v) is 3.22. The SMILES string of the molecule is CC/C=C\COc1ccccc1NCC. The molecule has 0 saturated carbocycles. The fraction of sp³-hybridized carbons (Fsp3) is 0.385. The van der Waals surface area contributed by atoms with Gasteiger partial charge in [-0.25, -0.2) is 0 Å². The Labute approximate surface area is 92.0 Å². The Morgan fingerprint density at radius 2 is 2.00 bits per heavy atom. The van der Waals surface area contributed by atoms with Crippen LogP contribution in [0.25, 0.3) is 0 Å². The fourth-order valence-electron chi connectivity index (χ4n) is 1.30. The van der Waals surface area contributed by atoms with E-state index in [9.17, 15) is 0 Å². The Morgan fingerprint density at radius 1 is 1.20 bits per heavy atom. The molecule has 0 fully saturated rings. The molecule has 0 heterocycles. The monoisotopic (exact) mass is 205 g/mol.